The Bertz CT molecular complexity index is 812. The monoisotopic (exact) mass is 379 g/mol. The third-order valence-electron chi connectivity index (χ3n) is 5.54. The Balaban J connectivity index is 1.37. The van der Waals surface area contributed by atoms with Gasteiger partial charge < -0.3 is 14.5 Å². The third-order valence-corrected chi connectivity index (χ3v) is 5.54. The molecule has 0 unspecified atom stereocenters. The van der Waals surface area contributed by atoms with Gasteiger partial charge in [-0.3, -0.25) is 14.6 Å². The first kappa shape index (κ1) is 18.6. The highest BCUT2D eigenvalue weighted by molar-refractivity contribution is 5.83. The zero-order valence-electron chi connectivity index (χ0n) is 15.9. The first-order chi connectivity index (χ1) is 13.7. The summed E-state index contributed by atoms with van der Waals surface area (Å²) in [5.74, 6) is -0.0248. The SMILES string of the molecule is O=C(COCc1ccccc1)N1C[C@@H]2CC[C@H](C1)N(Cc1ccccn1)C2=O. The lowest BCUT2D eigenvalue weighted by molar-refractivity contribution is -0.140. The summed E-state index contributed by atoms with van der Waals surface area (Å²) in [6.07, 6.45) is 3.52. The second kappa shape index (κ2) is 8.52. The zero-order chi connectivity index (χ0) is 19.3. The molecule has 0 N–H and O–H groups in total. The van der Waals surface area contributed by atoms with Crippen LogP contribution in [0.3, 0.4) is 0 Å². The van der Waals surface area contributed by atoms with E-state index in [4.69, 9.17) is 4.74 Å². The molecule has 6 heteroatoms. The number of fused-ring (bicyclic) bond motifs is 4. The van der Waals surface area contributed by atoms with Gasteiger partial charge >= 0.3 is 0 Å². The summed E-state index contributed by atoms with van der Waals surface area (Å²) in [6.45, 7) is 2.03. The number of aromatic nitrogens is 1. The van der Waals surface area contributed by atoms with Gasteiger partial charge in [-0.25, -0.2) is 0 Å². The molecule has 0 radical (unpaired) electrons. The van der Waals surface area contributed by atoms with E-state index in [1.54, 1.807) is 6.20 Å². The Morgan fingerprint density at radius 2 is 1.89 bits per heavy atom. The van der Waals surface area contributed by atoms with Gasteiger partial charge in [0.05, 0.1) is 24.8 Å². The van der Waals surface area contributed by atoms with Gasteiger partial charge in [0.2, 0.25) is 11.8 Å². The Morgan fingerprint density at radius 1 is 1.07 bits per heavy atom. The molecule has 0 aliphatic carbocycles. The fourth-order valence-electron chi connectivity index (χ4n) is 4.04. The third kappa shape index (κ3) is 4.22. The molecule has 2 bridgehead atoms. The summed E-state index contributed by atoms with van der Waals surface area (Å²) in [5, 5.41) is 0. The van der Waals surface area contributed by atoms with Crippen LogP contribution in [0, 0.1) is 5.92 Å². The Morgan fingerprint density at radius 3 is 2.68 bits per heavy atom. The van der Waals surface area contributed by atoms with E-state index < -0.39 is 0 Å². The van der Waals surface area contributed by atoms with Crippen molar-refractivity contribution < 1.29 is 14.3 Å². The standard InChI is InChI=1S/C22H25N3O3/c26-21(16-28-15-17-6-2-1-3-7-17)24-12-18-9-10-20(14-24)25(22(18)27)13-19-8-4-5-11-23-19/h1-8,11,18,20H,9-10,12-16H2/t18-,20+/m0/s1. The fourth-order valence-corrected chi connectivity index (χ4v) is 4.04. The molecule has 146 valence electrons. The first-order valence-electron chi connectivity index (χ1n) is 9.80. The lowest BCUT2D eigenvalue weighted by Gasteiger charge is -2.35. The van der Waals surface area contributed by atoms with Crippen molar-refractivity contribution in [2.24, 2.45) is 5.92 Å². The molecule has 2 atom stereocenters. The minimum Gasteiger partial charge on any atom is -0.367 e. The van der Waals surface area contributed by atoms with Crippen molar-refractivity contribution in [2.75, 3.05) is 19.7 Å². The van der Waals surface area contributed by atoms with E-state index in [2.05, 4.69) is 4.98 Å². The highest BCUT2D eigenvalue weighted by atomic mass is 16.5. The van der Waals surface area contributed by atoms with E-state index in [1.807, 2.05) is 58.3 Å². The molecule has 28 heavy (non-hydrogen) atoms. The van der Waals surface area contributed by atoms with Crippen LogP contribution >= 0.6 is 0 Å². The Hall–Kier alpha value is -2.73. The van der Waals surface area contributed by atoms with Crippen molar-refractivity contribution in [3.63, 3.8) is 0 Å². The van der Waals surface area contributed by atoms with Crippen LogP contribution in [0.5, 0.6) is 0 Å². The van der Waals surface area contributed by atoms with Crippen LogP contribution < -0.4 is 0 Å². The summed E-state index contributed by atoms with van der Waals surface area (Å²) in [6, 6.07) is 15.6. The molecule has 4 heterocycles. The normalized spacial score (nSPS) is 21.6. The number of hydrogen-bond donors (Lipinski definition) is 0. The molecule has 1 aromatic heterocycles. The average Bonchev–Trinajstić information content (AvgIpc) is 3.02. The van der Waals surface area contributed by atoms with Gasteiger partial charge in [-0.1, -0.05) is 36.4 Å². The molecule has 1 aromatic carbocycles. The number of amides is 2. The summed E-state index contributed by atoms with van der Waals surface area (Å²) < 4.78 is 5.62. The molecule has 3 fully saturated rings. The number of ether oxygens (including phenoxy) is 1. The average molecular weight is 379 g/mol. The van der Waals surface area contributed by atoms with Gasteiger partial charge in [0.1, 0.15) is 6.61 Å². The lowest BCUT2D eigenvalue weighted by Crippen LogP contribution is -2.47. The minimum absolute atomic E-state index is 0.0414. The summed E-state index contributed by atoms with van der Waals surface area (Å²) in [5.41, 5.74) is 1.93. The first-order valence-corrected chi connectivity index (χ1v) is 9.80. The van der Waals surface area contributed by atoms with E-state index in [-0.39, 0.29) is 30.4 Å². The van der Waals surface area contributed by atoms with Gasteiger partial charge in [0, 0.05) is 25.3 Å². The molecule has 3 saturated heterocycles. The fraction of sp³-hybridized carbons (Fsp3) is 0.409. The Labute approximate surface area is 165 Å². The van der Waals surface area contributed by atoms with Crippen molar-refractivity contribution in [2.45, 2.75) is 32.0 Å². The molecule has 3 aliphatic heterocycles. The number of benzene rings is 1. The number of pyridine rings is 1. The molecule has 5 rings (SSSR count). The minimum atomic E-state index is -0.125. The second-order valence-corrected chi connectivity index (χ2v) is 7.49. The Kier molecular flexibility index (Phi) is 5.67. The van der Waals surface area contributed by atoms with Crippen LogP contribution in [0.2, 0.25) is 0 Å². The van der Waals surface area contributed by atoms with Crippen LogP contribution in [0.25, 0.3) is 0 Å². The zero-order valence-corrected chi connectivity index (χ0v) is 15.9. The van der Waals surface area contributed by atoms with Crippen molar-refractivity contribution in [3.8, 4) is 0 Å². The molecule has 6 nitrogen and oxygen atoms in total. The number of rotatable bonds is 6. The van der Waals surface area contributed by atoms with Crippen LogP contribution in [0.4, 0.5) is 0 Å². The number of hydrogen-bond acceptors (Lipinski definition) is 4. The van der Waals surface area contributed by atoms with E-state index in [0.717, 1.165) is 24.1 Å². The van der Waals surface area contributed by atoms with Crippen molar-refractivity contribution in [1.82, 2.24) is 14.8 Å². The molecular weight excluding hydrogens is 354 g/mol. The van der Waals surface area contributed by atoms with Gasteiger partial charge in [0.25, 0.3) is 0 Å². The van der Waals surface area contributed by atoms with Crippen LogP contribution in [-0.2, 0) is 27.5 Å². The maximum atomic E-state index is 12.9. The summed E-state index contributed by atoms with van der Waals surface area (Å²) in [4.78, 5) is 33.7. The highest BCUT2D eigenvalue weighted by Gasteiger charge is 2.41. The van der Waals surface area contributed by atoms with Gasteiger partial charge in [-0.15, -0.1) is 0 Å². The summed E-state index contributed by atoms with van der Waals surface area (Å²) >= 11 is 0. The maximum Gasteiger partial charge on any atom is 0.248 e. The van der Waals surface area contributed by atoms with Gasteiger partial charge in [0.15, 0.2) is 0 Å². The topological polar surface area (TPSA) is 62.7 Å². The number of carbonyl (C=O) groups excluding carboxylic acids is 2. The molecule has 3 aliphatic rings. The maximum absolute atomic E-state index is 12.9. The second-order valence-electron chi connectivity index (χ2n) is 7.49. The number of nitrogens with zero attached hydrogens (tertiary/aromatic N) is 3. The van der Waals surface area contributed by atoms with Crippen molar-refractivity contribution >= 4 is 11.8 Å². The smallest absolute Gasteiger partial charge is 0.248 e. The predicted octanol–water partition coefficient (Wildman–Crippen LogP) is 2.25. The van der Waals surface area contributed by atoms with E-state index >= 15 is 0 Å². The van der Waals surface area contributed by atoms with Crippen molar-refractivity contribution in [3.05, 3.63) is 66.0 Å². The highest BCUT2D eigenvalue weighted by Crippen LogP contribution is 2.30. The van der Waals surface area contributed by atoms with Gasteiger partial charge in [-0.05, 0) is 30.5 Å². The molecule has 0 spiro atoms. The lowest BCUT2D eigenvalue weighted by atomic mass is 9.94. The van der Waals surface area contributed by atoms with Gasteiger partial charge in [-0.2, -0.15) is 0 Å². The number of piperidine rings is 1. The molecule has 2 aromatic rings. The summed E-state index contributed by atoms with van der Waals surface area (Å²) in [7, 11) is 0. The van der Waals surface area contributed by atoms with Crippen LogP contribution in [0.15, 0.2) is 54.7 Å². The van der Waals surface area contributed by atoms with E-state index in [9.17, 15) is 9.59 Å². The molecular formula is C22H25N3O3. The molecule has 0 saturated carbocycles. The van der Waals surface area contributed by atoms with E-state index in [1.165, 1.54) is 0 Å². The van der Waals surface area contributed by atoms with Crippen LogP contribution in [0.1, 0.15) is 24.1 Å². The van der Waals surface area contributed by atoms with Crippen LogP contribution in [-0.4, -0.2) is 52.3 Å². The van der Waals surface area contributed by atoms with E-state index in [0.29, 0.717) is 26.2 Å². The largest absolute Gasteiger partial charge is 0.367 e. The number of carbonyl (C=O) groups is 2. The van der Waals surface area contributed by atoms with Crippen molar-refractivity contribution in [1.29, 1.82) is 0 Å². The quantitative estimate of drug-likeness (QED) is 0.772. The molecule has 2 amide bonds. The predicted molar refractivity (Wildman–Crippen MR) is 104 cm³/mol.